The predicted octanol–water partition coefficient (Wildman–Crippen LogP) is 4.77. The summed E-state index contributed by atoms with van der Waals surface area (Å²) in [5.74, 6) is 2.68. The first kappa shape index (κ1) is 15.6. The lowest BCUT2D eigenvalue weighted by molar-refractivity contribution is 0.318. The second-order valence-corrected chi connectivity index (χ2v) is 6.27. The van der Waals surface area contributed by atoms with E-state index in [2.05, 4.69) is 29.1 Å². The van der Waals surface area contributed by atoms with Crippen LogP contribution < -0.4 is 5.32 Å². The molecule has 2 rings (SSSR count). The third-order valence-electron chi connectivity index (χ3n) is 4.33. The highest BCUT2D eigenvalue weighted by Crippen LogP contribution is 2.30. The summed E-state index contributed by atoms with van der Waals surface area (Å²) < 4.78 is 0. The minimum absolute atomic E-state index is 0.539. The molecule has 0 amide bonds. The number of halogens is 1. The second kappa shape index (κ2) is 7.26. The van der Waals surface area contributed by atoms with Crippen LogP contribution in [0, 0.1) is 12.8 Å². The molecule has 0 bridgehead atoms. The van der Waals surface area contributed by atoms with Gasteiger partial charge >= 0.3 is 0 Å². The van der Waals surface area contributed by atoms with E-state index in [4.69, 9.17) is 11.6 Å². The quantitative estimate of drug-likeness (QED) is 0.795. The molecule has 20 heavy (non-hydrogen) atoms. The van der Waals surface area contributed by atoms with Crippen molar-refractivity contribution < 1.29 is 0 Å². The van der Waals surface area contributed by atoms with Crippen molar-refractivity contribution in [2.24, 2.45) is 5.92 Å². The topological polar surface area (TPSA) is 37.8 Å². The van der Waals surface area contributed by atoms with E-state index in [1.54, 1.807) is 0 Å². The lowest BCUT2D eigenvalue weighted by Gasteiger charge is -2.29. The van der Waals surface area contributed by atoms with Crippen molar-refractivity contribution in [3.05, 3.63) is 16.5 Å². The van der Waals surface area contributed by atoms with E-state index < -0.39 is 0 Å². The molecule has 112 valence electrons. The smallest absolute Gasteiger partial charge is 0.137 e. The zero-order valence-corrected chi connectivity index (χ0v) is 13.6. The highest BCUT2D eigenvalue weighted by Gasteiger charge is 2.21. The predicted molar refractivity (Wildman–Crippen MR) is 85.4 cm³/mol. The fraction of sp³-hybridized carbons (Fsp3) is 0.750. The molecular weight excluding hydrogens is 270 g/mol. The zero-order chi connectivity index (χ0) is 14.5. The molecular formula is C16H26ClN3. The van der Waals surface area contributed by atoms with E-state index >= 15 is 0 Å². The van der Waals surface area contributed by atoms with E-state index in [-0.39, 0.29) is 0 Å². The molecule has 1 aliphatic rings. The van der Waals surface area contributed by atoms with Gasteiger partial charge in [0.15, 0.2) is 0 Å². The van der Waals surface area contributed by atoms with Gasteiger partial charge in [-0.1, -0.05) is 38.3 Å². The van der Waals surface area contributed by atoms with E-state index in [1.165, 1.54) is 38.5 Å². The maximum atomic E-state index is 6.19. The number of nitrogens with zero attached hydrogens (tertiary/aromatic N) is 2. The van der Waals surface area contributed by atoms with Gasteiger partial charge < -0.3 is 5.32 Å². The van der Waals surface area contributed by atoms with Crippen molar-refractivity contribution in [2.75, 3.05) is 5.32 Å². The third-order valence-corrected chi connectivity index (χ3v) is 4.70. The number of hydrogen-bond acceptors (Lipinski definition) is 3. The van der Waals surface area contributed by atoms with Gasteiger partial charge in [-0.3, -0.25) is 0 Å². The van der Waals surface area contributed by atoms with Crippen molar-refractivity contribution in [3.63, 3.8) is 0 Å². The van der Waals surface area contributed by atoms with Gasteiger partial charge in [-0.25, -0.2) is 9.97 Å². The average molecular weight is 296 g/mol. The monoisotopic (exact) mass is 295 g/mol. The number of aryl methyl sites for hydroxylation is 1. The molecule has 4 heteroatoms. The SMILES string of the molecule is CCCC1CCC(Nc2nc(CC)nc(Cl)c2C)CC1. The molecule has 0 spiro atoms. The molecule has 0 aliphatic heterocycles. The Kier molecular flexibility index (Phi) is 5.64. The largest absolute Gasteiger partial charge is 0.367 e. The maximum absolute atomic E-state index is 6.19. The number of nitrogens with one attached hydrogen (secondary N) is 1. The molecule has 1 N–H and O–H groups in total. The van der Waals surface area contributed by atoms with Crippen LogP contribution in [0.2, 0.25) is 5.15 Å². The molecule has 1 heterocycles. The van der Waals surface area contributed by atoms with Gasteiger partial charge in [-0.2, -0.15) is 0 Å². The van der Waals surface area contributed by atoms with Gasteiger partial charge in [0.2, 0.25) is 0 Å². The molecule has 1 fully saturated rings. The van der Waals surface area contributed by atoms with Gasteiger partial charge in [0.25, 0.3) is 0 Å². The Morgan fingerprint density at radius 2 is 1.85 bits per heavy atom. The van der Waals surface area contributed by atoms with Crippen LogP contribution >= 0.6 is 11.6 Å². The van der Waals surface area contributed by atoms with Gasteiger partial charge in [-0.05, 0) is 38.5 Å². The fourth-order valence-electron chi connectivity index (χ4n) is 3.03. The van der Waals surface area contributed by atoms with E-state index in [0.29, 0.717) is 11.2 Å². The van der Waals surface area contributed by atoms with Crippen LogP contribution in [0.5, 0.6) is 0 Å². The summed E-state index contributed by atoms with van der Waals surface area (Å²) in [4.78, 5) is 8.89. The molecule has 3 nitrogen and oxygen atoms in total. The minimum Gasteiger partial charge on any atom is -0.367 e. The summed E-state index contributed by atoms with van der Waals surface area (Å²) in [6.07, 6.45) is 8.67. The summed E-state index contributed by atoms with van der Waals surface area (Å²) in [6, 6.07) is 0.539. The summed E-state index contributed by atoms with van der Waals surface area (Å²) in [6.45, 7) is 6.33. The lowest BCUT2D eigenvalue weighted by Crippen LogP contribution is -2.27. The first-order valence-electron chi connectivity index (χ1n) is 7.93. The third kappa shape index (κ3) is 3.85. The Bertz CT molecular complexity index is 440. The molecule has 1 aromatic rings. The molecule has 1 aromatic heterocycles. The van der Waals surface area contributed by atoms with E-state index in [0.717, 1.165) is 29.5 Å². The van der Waals surface area contributed by atoms with Crippen LogP contribution in [0.15, 0.2) is 0 Å². The highest BCUT2D eigenvalue weighted by molar-refractivity contribution is 6.30. The van der Waals surface area contributed by atoms with Crippen molar-refractivity contribution >= 4 is 17.4 Å². The minimum atomic E-state index is 0.539. The van der Waals surface area contributed by atoms with Crippen LogP contribution in [-0.4, -0.2) is 16.0 Å². The molecule has 1 aliphatic carbocycles. The number of rotatable bonds is 5. The highest BCUT2D eigenvalue weighted by atomic mass is 35.5. The molecule has 1 saturated carbocycles. The molecule has 0 aromatic carbocycles. The van der Waals surface area contributed by atoms with E-state index in [1.807, 2.05) is 6.92 Å². The van der Waals surface area contributed by atoms with Crippen LogP contribution in [0.3, 0.4) is 0 Å². The molecule has 0 unspecified atom stereocenters. The normalized spacial score (nSPS) is 22.8. The Labute approximate surface area is 127 Å². The first-order valence-corrected chi connectivity index (χ1v) is 8.31. The van der Waals surface area contributed by atoms with Gasteiger partial charge in [0.1, 0.15) is 16.8 Å². The molecule has 0 saturated heterocycles. The molecule has 0 atom stereocenters. The standard InChI is InChI=1S/C16H26ClN3/c1-4-6-12-7-9-13(10-8-12)18-16-11(3)15(17)19-14(5-2)20-16/h12-13H,4-10H2,1-3H3,(H,18,19,20). The fourth-order valence-corrected chi connectivity index (χ4v) is 3.22. The van der Waals surface area contributed by atoms with Gasteiger partial charge in [0, 0.05) is 18.0 Å². The Morgan fingerprint density at radius 1 is 1.15 bits per heavy atom. The van der Waals surface area contributed by atoms with Gasteiger partial charge in [-0.15, -0.1) is 0 Å². The van der Waals surface area contributed by atoms with Crippen molar-refractivity contribution in [2.45, 2.75) is 71.8 Å². The van der Waals surface area contributed by atoms with Crippen LogP contribution in [0.1, 0.15) is 63.8 Å². The number of aromatic nitrogens is 2. The Hall–Kier alpha value is -0.830. The number of hydrogen-bond donors (Lipinski definition) is 1. The first-order chi connectivity index (χ1) is 9.63. The lowest BCUT2D eigenvalue weighted by atomic mass is 9.83. The summed E-state index contributed by atoms with van der Waals surface area (Å²) in [5, 5.41) is 4.17. The Morgan fingerprint density at radius 3 is 2.45 bits per heavy atom. The number of anilines is 1. The molecule has 0 radical (unpaired) electrons. The maximum Gasteiger partial charge on any atom is 0.137 e. The van der Waals surface area contributed by atoms with Crippen molar-refractivity contribution in [1.82, 2.24) is 9.97 Å². The summed E-state index contributed by atoms with van der Waals surface area (Å²) in [7, 11) is 0. The Balaban J connectivity index is 1.99. The van der Waals surface area contributed by atoms with Crippen molar-refractivity contribution in [3.8, 4) is 0 Å². The summed E-state index contributed by atoms with van der Waals surface area (Å²) in [5.41, 5.74) is 0.972. The average Bonchev–Trinajstić information content (AvgIpc) is 2.46. The van der Waals surface area contributed by atoms with E-state index in [9.17, 15) is 0 Å². The van der Waals surface area contributed by atoms with Crippen LogP contribution in [0.4, 0.5) is 5.82 Å². The van der Waals surface area contributed by atoms with Crippen molar-refractivity contribution in [1.29, 1.82) is 0 Å². The van der Waals surface area contributed by atoms with Gasteiger partial charge in [0.05, 0.1) is 0 Å². The zero-order valence-electron chi connectivity index (χ0n) is 12.9. The van der Waals surface area contributed by atoms with Crippen LogP contribution in [0.25, 0.3) is 0 Å². The van der Waals surface area contributed by atoms with Crippen LogP contribution in [-0.2, 0) is 6.42 Å². The summed E-state index contributed by atoms with van der Waals surface area (Å²) >= 11 is 6.19. The second-order valence-electron chi connectivity index (χ2n) is 5.91.